The van der Waals surface area contributed by atoms with Crippen LogP contribution in [-0.4, -0.2) is 17.0 Å². The molecule has 0 amide bonds. The van der Waals surface area contributed by atoms with Gasteiger partial charge in [0.2, 0.25) is 0 Å². The third kappa shape index (κ3) is 0.956. The van der Waals surface area contributed by atoms with Crippen LogP contribution in [0.4, 0.5) is 0 Å². The molecule has 2 rings (SSSR count). The van der Waals surface area contributed by atoms with Crippen LogP contribution in [0.25, 0.3) is 0 Å². The summed E-state index contributed by atoms with van der Waals surface area (Å²) in [6.45, 7) is 0.836. The van der Waals surface area contributed by atoms with Gasteiger partial charge in [-0.1, -0.05) is 29.6 Å². The molecule has 1 saturated carbocycles. The number of ether oxygens (including phenoxy) is 1. The molecule has 1 nitrogen and oxygen atoms in total. The molecule has 2 aliphatic rings. The van der Waals surface area contributed by atoms with E-state index in [1.165, 1.54) is 6.42 Å². The summed E-state index contributed by atoms with van der Waals surface area (Å²) < 4.78 is 4.89. The van der Waals surface area contributed by atoms with E-state index in [4.69, 9.17) is 27.9 Å². The van der Waals surface area contributed by atoms with E-state index < -0.39 is 4.33 Å². The Hall–Kier alpha value is 0.540. The average Bonchev–Trinajstić information content (AvgIpc) is 2.47. The fourth-order valence-electron chi connectivity index (χ4n) is 1.61. The third-order valence-corrected chi connectivity index (χ3v) is 3.33. The predicted octanol–water partition coefficient (Wildman–Crippen LogP) is 2.36. The van der Waals surface area contributed by atoms with Crippen LogP contribution in [0.15, 0.2) is 0 Å². The molecule has 1 aliphatic carbocycles. The molecule has 0 bridgehead atoms. The first kappa shape index (κ1) is 7.20. The van der Waals surface area contributed by atoms with Crippen LogP contribution in [0.1, 0.15) is 19.3 Å². The maximum Gasteiger partial charge on any atom is 0.149 e. The molecule has 0 radical (unpaired) electrons. The largest absolute Gasteiger partial charge is 0.375 e. The van der Waals surface area contributed by atoms with E-state index in [9.17, 15) is 0 Å². The van der Waals surface area contributed by atoms with Gasteiger partial charge in [-0.25, -0.2) is 0 Å². The highest BCUT2D eigenvalue weighted by molar-refractivity contribution is 6.51. The van der Waals surface area contributed by atoms with Crippen LogP contribution in [0.3, 0.4) is 0 Å². The molecule has 10 heavy (non-hydrogen) atoms. The van der Waals surface area contributed by atoms with Gasteiger partial charge in [-0.3, -0.25) is 0 Å². The molecule has 3 heteroatoms. The van der Waals surface area contributed by atoms with Gasteiger partial charge in [0.15, 0.2) is 0 Å². The molecule has 0 spiro atoms. The Kier molecular flexibility index (Phi) is 1.63. The Morgan fingerprint density at radius 3 is 2.90 bits per heavy atom. The first-order valence-corrected chi connectivity index (χ1v) is 4.48. The van der Waals surface area contributed by atoms with Crippen LogP contribution in [-0.2, 0) is 4.74 Å². The van der Waals surface area contributed by atoms with E-state index in [0.717, 1.165) is 19.4 Å². The molecular formula is C7H10Cl2O. The van der Waals surface area contributed by atoms with E-state index in [1.54, 1.807) is 0 Å². The van der Waals surface area contributed by atoms with Crippen molar-refractivity contribution < 1.29 is 4.74 Å². The first-order valence-electron chi connectivity index (χ1n) is 3.72. The third-order valence-electron chi connectivity index (χ3n) is 2.34. The molecule has 0 aromatic carbocycles. The second-order valence-corrected chi connectivity index (χ2v) is 4.51. The monoisotopic (exact) mass is 180 g/mol. The molecule has 0 aromatic heterocycles. The van der Waals surface area contributed by atoms with E-state index in [-0.39, 0.29) is 6.10 Å². The van der Waals surface area contributed by atoms with Crippen molar-refractivity contribution in [2.24, 2.45) is 5.92 Å². The smallest absolute Gasteiger partial charge is 0.149 e. The molecule has 1 saturated heterocycles. The predicted molar refractivity (Wildman–Crippen MR) is 41.5 cm³/mol. The molecule has 2 unspecified atom stereocenters. The van der Waals surface area contributed by atoms with E-state index in [1.807, 2.05) is 0 Å². The lowest BCUT2D eigenvalue weighted by Gasteiger charge is -2.01. The average molecular weight is 181 g/mol. The number of halogens is 2. The van der Waals surface area contributed by atoms with Crippen LogP contribution in [0.2, 0.25) is 0 Å². The highest BCUT2D eigenvalue weighted by Gasteiger charge is 2.64. The van der Waals surface area contributed by atoms with Gasteiger partial charge in [0.25, 0.3) is 0 Å². The summed E-state index contributed by atoms with van der Waals surface area (Å²) in [6, 6.07) is 0. The lowest BCUT2D eigenvalue weighted by molar-refractivity contribution is 0.116. The summed E-state index contributed by atoms with van der Waals surface area (Å²) in [7, 11) is 0. The number of fused-ring (bicyclic) bond motifs is 1. The summed E-state index contributed by atoms with van der Waals surface area (Å²) >= 11 is 11.9. The molecule has 1 heterocycles. The van der Waals surface area contributed by atoms with Gasteiger partial charge in [0.1, 0.15) is 4.33 Å². The molecule has 2 fully saturated rings. The van der Waals surface area contributed by atoms with Gasteiger partial charge >= 0.3 is 0 Å². The lowest BCUT2D eigenvalue weighted by Crippen LogP contribution is -2.03. The number of rotatable bonds is 0. The molecule has 2 atom stereocenters. The minimum atomic E-state index is -0.541. The normalized spacial score (nSPS) is 43.8. The second kappa shape index (κ2) is 2.26. The summed E-state index contributed by atoms with van der Waals surface area (Å²) in [5.74, 6) is 0.415. The van der Waals surface area contributed by atoms with Gasteiger partial charge in [-0.2, -0.15) is 0 Å². The zero-order valence-electron chi connectivity index (χ0n) is 5.65. The number of hydrogen-bond acceptors (Lipinski definition) is 1. The molecular weight excluding hydrogens is 171 g/mol. The Bertz CT molecular complexity index is 133. The highest BCUT2D eigenvalue weighted by atomic mass is 35.5. The van der Waals surface area contributed by atoms with E-state index in [2.05, 4.69) is 0 Å². The quantitative estimate of drug-likeness (QED) is 0.521. The van der Waals surface area contributed by atoms with Gasteiger partial charge in [0, 0.05) is 12.5 Å². The molecule has 0 aromatic rings. The first-order chi connectivity index (χ1) is 4.73. The van der Waals surface area contributed by atoms with E-state index in [0.29, 0.717) is 5.92 Å². The zero-order valence-corrected chi connectivity index (χ0v) is 7.16. The van der Waals surface area contributed by atoms with Crippen molar-refractivity contribution in [1.29, 1.82) is 0 Å². The van der Waals surface area contributed by atoms with Crippen LogP contribution in [0, 0.1) is 5.92 Å². The minimum Gasteiger partial charge on any atom is -0.375 e. The number of hydrogen-bond donors (Lipinski definition) is 0. The Balaban J connectivity index is 2.01. The Morgan fingerprint density at radius 1 is 1.30 bits per heavy atom. The van der Waals surface area contributed by atoms with Gasteiger partial charge in [-0.15, -0.1) is 0 Å². The Labute approximate surface area is 70.6 Å². The zero-order chi connectivity index (χ0) is 7.19. The fraction of sp³-hybridized carbons (Fsp3) is 1.00. The standard InChI is InChI=1S/C7H10Cl2O/c8-7(9)5-3-1-2-4-10-6(5)7/h5-6H,1-4H2. The van der Waals surface area contributed by atoms with Crippen molar-refractivity contribution >= 4 is 23.2 Å². The molecule has 0 N–H and O–H groups in total. The summed E-state index contributed by atoms with van der Waals surface area (Å²) in [4.78, 5) is 0. The van der Waals surface area contributed by atoms with Crippen molar-refractivity contribution in [3.63, 3.8) is 0 Å². The second-order valence-electron chi connectivity index (χ2n) is 3.07. The van der Waals surface area contributed by atoms with Gasteiger partial charge in [0.05, 0.1) is 6.10 Å². The van der Waals surface area contributed by atoms with Gasteiger partial charge in [-0.05, 0) is 12.8 Å². The molecule has 58 valence electrons. The van der Waals surface area contributed by atoms with Crippen molar-refractivity contribution in [2.75, 3.05) is 6.61 Å². The maximum atomic E-state index is 5.93. The summed E-state index contributed by atoms with van der Waals surface area (Å²) in [6.07, 6.45) is 3.65. The van der Waals surface area contributed by atoms with Crippen molar-refractivity contribution in [3.05, 3.63) is 0 Å². The lowest BCUT2D eigenvalue weighted by atomic mass is 10.2. The maximum absolute atomic E-state index is 5.93. The van der Waals surface area contributed by atoms with Crippen LogP contribution >= 0.6 is 23.2 Å². The minimum absolute atomic E-state index is 0.137. The number of alkyl halides is 2. The summed E-state index contributed by atoms with van der Waals surface area (Å²) in [5, 5.41) is 0. The van der Waals surface area contributed by atoms with E-state index >= 15 is 0 Å². The van der Waals surface area contributed by atoms with Crippen molar-refractivity contribution in [2.45, 2.75) is 29.7 Å². The Morgan fingerprint density at radius 2 is 2.10 bits per heavy atom. The highest BCUT2D eigenvalue weighted by Crippen LogP contribution is 2.58. The van der Waals surface area contributed by atoms with Crippen LogP contribution < -0.4 is 0 Å². The van der Waals surface area contributed by atoms with Crippen molar-refractivity contribution in [1.82, 2.24) is 0 Å². The molecule has 1 aliphatic heterocycles. The van der Waals surface area contributed by atoms with Crippen LogP contribution in [0.5, 0.6) is 0 Å². The SMILES string of the molecule is ClC1(Cl)C2CCCCOC21. The van der Waals surface area contributed by atoms with Gasteiger partial charge < -0.3 is 4.74 Å². The topological polar surface area (TPSA) is 9.23 Å². The summed E-state index contributed by atoms with van der Waals surface area (Å²) in [5.41, 5.74) is 0. The van der Waals surface area contributed by atoms with Crippen molar-refractivity contribution in [3.8, 4) is 0 Å². The fourth-order valence-corrected chi connectivity index (χ4v) is 2.36.